The van der Waals surface area contributed by atoms with E-state index in [1.807, 2.05) is 13.0 Å². The van der Waals surface area contributed by atoms with Gasteiger partial charge < -0.3 is 9.88 Å². The Hall–Kier alpha value is -2.73. The number of hydrogen-bond donors (Lipinski definition) is 1. The summed E-state index contributed by atoms with van der Waals surface area (Å²) in [6, 6.07) is 12.1. The molecule has 1 amide bonds. The number of carbonyl (C=O) groups excluding carboxylic acids is 1. The number of rotatable bonds is 3. The van der Waals surface area contributed by atoms with Crippen LogP contribution in [-0.4, -0.2) is 10.5 Å². The molecule has 0 fully saturated rings. The van der Waals surface area contributed by atoms with Crippen LogP contribution in [0, 0.1) is 20.8 Å². The second kappa shape index (κ2) is 7.36. The number of carbonyl (C=O) groups is 1. The SMILES string of the molecule is Cc1ccc(Cl)c(NC(=O)c2cc(C)n(-c3ccccc3C(F)(F)F)c2C)c1. The predicted octanol–water partition coefficient (Wildman–Crippen LogP) is 6.33. The van der Waals surface area contributed by atoms with Crippen molar-refractivity contribution in [1.82, 2.24) is 4.57 Å². The zero-order chi connectivity index (χ0) is 20.6. The second-order valence-electron chi connectivity index (χ2n) is 6.57. The van der Waals surface area contributed by atoms with Gasteiger partial charge >= 0.3 is 6.18 Å². The highest BCUT2D eigenvalue weighted by atomic mass is 35.5. The van der Waals surface area contributed by atoms with Crippen molar-refractivity contribution in [2.75, 3.05) is 5.32 Å². The summed E-state index contributed by atoms with van der Waals surface area (Å²) in [7, 11) is 0. The maximum absolute atomic E-state index is 13.4. The number of anilines is 1. The maximum atomic E-state index is 13.4. The number of halogens is 4. The Bertz CT molecular complexity index is 1050. The van der Waals surface area contributed by atoms with Gasteiger partial charge in [-0.2, -0.15) is 13.2 Å². The molecule has 0 aliphatic heterocycles. The largest absolute Gasteiger partial charge is 0.418 e. The van der Waals surface area contributed by atoms with E-state index >= 15 is 0 Å². The molecular formula is C21H18ClF3N2O. The van der Waals surface area contributed by atoms with Gasteiger partial charge in [0.25, 0.3) is 5.91 Å². The topological polar surface area (TPSA) is 34.0 Å². The lowest BCUT2D eigenvalue weighted by Crippen LogP contribution is -2.15. The van der Waals surface area contributed by atoms with Crippen LogP contribution in [0.4, 0.5) is 18.9 Å². The molecular weight excluding hydrogens is 389 g/mol. The number of aromatic nitrogens is 1. The molecule has 3 nitrogen and oxygen atoms in total. The molecule has 7 heteroatoms. The Morgan fingerprint density at radius 2 is 1.71 bits per heavy atom. The lowest BCUT2D eigenvalue weighted by molar-refractivity contribution is -0.137. The molecule has 1 aromatic heterocycles. The molecule has 0 aliphatic carbocycles. The second-order valence-corrected chi connectivity index (χ2v) is 6.98. The van der Waals surface area contributed by atoms with Crippen LogP contribution < -0.4 is 5.32 Å². The lowest BCUT2D eigenvalue weighted by Gasteiger charge is -2.17. The average molecular weight is 407 g/mol. The van der Waals surface area contributed by atoms with Gasteiger partial charge in [0, 0.05) is 11.4 Å². The van der Waals surface area contributed by atoms with E-state index in [0.717, 1.165) is 11.6 Å². The van der Waals surface area contributed by atoms with Gasteiger partial charge in [-0.1, -0.05) is 29.8 Å². The van der Waals surface area contributed by atoms with Crippen LogP contribution in [0.25, 0.3) is 5.69 Å². The Morgan fingerprint density at radius 1 is 1.04 bits per heavy atom. The van der Waals surface area contributed by atoms with E-state index in [4.69, 9.17) is 11.6 Å². The first kappa shape index (κ1) is 20.0. The molecule has 0 bridgehead atoms. The highest BCUT2D eigenvalue weighted by Gasteiger charge is 2.34. The fraction of sp³-hybridized carbons (Fsp3) is 0.190. The third kappa shape index (κ3) is 3.78. The molecule has 0 unspecified atom stereocenters. The minimum atomic E-state index is -4.50. The highest BCUT2D eigenvalue weighted by Crippen LogP contribution is 2.35. The minimum Gasteiger partial charge on any atom is -0.321 e. The van der Waals surface area contributed by atoms with Gasteiger partial charge in [0.1, 0.15) is 0 Å². The zero-order valence-electron chi connectivity index (χ0n) is 15.5. The fourth-order valence-corrected chi connectivity index (χ4v) is 3.36. The quantitative estimate of drug-likeness (QED) is 0.542. The Morgan fingerprint density at radius 3 is 2.39 bits per heavy atom. The van der Waals surface area contributed by atoms with Crippen LogP contribution >= 0.6 is 11.6 Å². The third-order valence-corrected chi connectivity index (χ3v) is 4.83. The molecule has 3 aromatic rings. The number of nitrogens with one attached hydrogen (secondary N) is 1. The first-order chi connectivity index (χ1) is 13.1. The predicted molar refractivity (Wildman–Crippen MR) is 104 cm³/mol. The summed E-state index contributed by atoms with van der Waals surface area (Å²) < 4.78 is 41.7. The summed E-state index contributed by atoms with van der Waals surface area (Å²) in [5.74, 6) is -0.434. The molecule has 0 radical (unpaired) electrons. The van der Waals surface area contributed by atoms with Crippen LogP contribution in [0.5, 0.6) is 0 Å². The van der Waals surface area contributed by atoms with Crippen LogP contribution in [0.1, 0.15) is 32.9 Å². The molecule has 0 spiro atoms. The number of aryl methyl sites for hydroxylation is 2. The Labute approximate surface area is 165 Å². The molecule has 146 valence electrons. The minimum absolute atomic E-state index is 0.0161. The van der Waals surface area contributed by atoms with Crippen molar-refractivity contribution in [3.63, 3.8) is 0 Å². The molecule has 1 N–H and O–H groups in total. The molecule has 3 rings (SSSR count). The molecule has 28 heavy (non-hydrogen) atoms. The summed E-state index contributed by atoms with van der Waals surface area (Å²) in [5.41, 5.74) is 1.82. The van der Waals surface area contributed by atoms with E-state index in [1.165, 1.54) is 22.8 Å². The summed E-state index contributed by atoms with van der Waals surface area (Å²) in [6.07, 6.45) is -4.50. The van der Waals surface area contributed by atoms with E-state index < -0.39 is 17.6 Å². The number of nitrogens with zero attached hydrogens (tertiary/aromatic N) is 1. The van der Waals surface area contributed by atoms with Gasteiger partial charge in [0.05, 0.1) is 27.5 Å². The van der Waals surface area contributed by atoms with Crippen molar-refractivity contribution in [2.24, 2.45) is 0 Å². The molecule has 1 heterocycles. The molecule has 2 aromatic carbocycles. The van der Waals surface area contributed by atoms with E-state index in [0.29, 0.717) is 22.1 Å². The first-order valence-electron chi connectivity index (χ1n) is 8.52. The normalized spacial score (nSPS) is 11.5. The Kier molecular flexibility index (Phi) is 5.26. The van der Waals surface area contributed by atoms with E-state index in [1.54, 1.807) is 32.0 Å². The van der Waals surface area contributed by atoms with Gasteiger partial charge in [0.15, 0.2) is 0 Å². The standard InChI is InChI=1S/C21H18ClF3N2O/c1-12-8-9-17(22)18(10-12)26-20(28)15-11-13(2)27(14(15)3)19-7-5-4-6-16(19)21(23,24)25/h4-11H,1-3H3,(H,26,28). The summed E-state index contributed by atoms with van der Waals surface area (Å²) in [6.45, 7) is 5.15. The molecule has 0 aliphatic rings. The van der Waals surface area contributed by atoms with Crippen molar-refractivity contribution in [1.29, 1.82) is 0 Å². The first-order valence-corrected chi connectivity index (χ1v) is 8.90. The van der Waals surface area contributed by atoms with Gasteiger partial charge in [-0.15, -0.1) is 0 Å². The van der Waals surface area contributed by atoms with Crippen molar-refractivity contribution in [3.8, 4) is 5.69 Å². The number of hydrogen-bond acceptors (Lipinski definition) is 1. The van der Waals surface area contributed by atoms with Gasteiger partial charge in [-0.3, -0.25) is 4.79 Å². The molecule has 0 saturated carbocycles. The van der Waals surface area contributed by atoms with E-state index in [2.05, 4.69) is 5.32 Å². The summed E-state index contributed by atoms with van der Waals surface area (Å²) in [5, 5.41) is 3.12. The van der Waals surface area contributed by atoms with Gasteiger partial charge in [-0.25, -0.2) is 0 Å². The van der Waals surface area contributed by atoms with Crippen LogP contribution in [-0.2, 0) is 6.18 Å². The van der Waals surface area contributed by atoms with Crippen molar-refractivity contribution < 1.29 is 18.0 Å². The summed E-state index contributed by atoms with van der Waals surface area (Å²) >= 11 is 6.13. The van der Waals surface area contributed by atoms with Gasteiger partial charge in [-0.05, 0) is 56.7 Å². The number of alkyl halides is 3. The zero-order valence-corrected chi connectivity index (χ0v) is 16.2. The van der Waals surface area contributed by atoms with Gasteiger partial charge in [0.2, 0.25) is 0 Å². The van der Waals surface area contributed by atoms with Crippen LogP contribution in [0.15, 0.2) is 48.5 Å². The smallest absolute Gasteiger partial charge is 0.321 e. The summed E-state index contributed by atoms with van der Waals surface area (Å²) in [4.78, 5) is 12.8. The van der Waals surface area contributed by atoms with Crippen LogP contribution in [0.2, 0.25) is 5.02 Å². The maximum Gasteiger partial charge on any atom is 0.418 e. The molecule has 0 saturated heterocycles. The van der Waals surface area contributed by atoms with Crippen molar-refractivity contribution in [2.45, 2.75) is 26.9 Å². The highest BCUT2D eigenvalue weighted by molar-refractivity contribution is 6.34. The fourth-order valence-electron chi connectivity index (χ4n) is 3.20. The van der Waals surface area contributed by atoms with E-state index in [9.17, 15) is 18.0 Å². The monoisotopic (exact) mass is 406 g/mol. The van der Waals surface area contributed by atoms with Crippen LogP contribution in [0.3, 0.4) is 0 Å². The van der Waals surface area contributed by atoms with E-state index in [-0.39, 0.29) is 11.3 Å². The van der Waals surface area contributed by atoms with Crippen molar-refractivity contribution >= 4 is 23.2 Å². The Balaban J connectivity index is 2.04. The average Bonchev–Trinajstić information content (AvgIpc) is 2.92. The van der Waals surface area contributed by atoms with Crippen molar-refractivity contribution in [3.05, 3.63) is 81.6 Å². The third-order valence-electron chi connectivity index (χ3n) is 4.50. The molecule has 0 atom stereocenters. The number of benzene rings is 2. The lowest BCUT2D eigenvalue weighted by atomic mass is 10.1. The number of para-hydroxylation sites is 1. The number of amides is 1.